The molecule has 1 heterocycles. The highest BCUT2D eigenvalue weighted by Gasteiger charge is 2.22. The van der Waals surface area contributed by atoms with Gasteiger partial charge < -0.3 is 20.3 Å². The quantitative estimate of drug-likeness (QED) is 0.423. The van der Waals surface area contributed by atoms with Crippen molar-refractivity contribution in [2.75, 3.05) is 40.8 Å². The number of nitrogens with one attached hydrogen (secondary N) is 2. The Bertz CT molecular complexity index is 376. The molecule has 1 aliphatic rings. The summed E-state index contributed by atoms with van der Waals surface area (Å²) in [6, 6.07) is 0. The molecule has 0 aromatic carbocycles. The van der Waals surface area contributed by atoms with Crippen LogP contribution in [-0.4, -0.2) is 63.6 Å². The molecule has 1 amide bonds. The van der Waals surface area contributed by atoms with Gasteiger partial charge in [-0.3, -0.25) is 14.6 Å². The zero-order valence-electron chi connectivity index (χ0n) is 13.1. The summed E-state index contributed by atoms with van der Waals surface area (Å²) in [6.45, 7) is 2.26. The van der Waals surface area contributed by atoms with Crippen LogP contribution in [0.1, 0.15) is 25.7 Å². The third kappa shape index (κ3) is 6.01. The minimum atomic E-state index is -0.234. The van der Waals surface area contributed by atoms with Crippen molar-refractivity contribution in [3.63, 3.8) is 0 Å². The average molecular weight is 298 g/mol. The molecule has 2 N–H and O–H groups in total. The Morgan fingerprint density at radius 1 is 1.33 bits per heavy atom. The topological polar surface area (TPSA) is 83.0 Å². The number of piperidine rings is 1. The Morgan fingerprint density at radius 3 is 2.52 bits per heavy atom. The van der Waals surface area contributed by atoms with Crippen molar-refractivity contribution in [2.45, 2.75) is 25.7 Å². The number of aliphatic imine (C=N–C) groups is 1. The number of hydrogen-bond acceptors (Lipinski definition) is 4. The highest BCUT2D eigenvalue weighted by atomic mass is 16.5. The molecule has 0 aromatic rings. The second-order valence-corrected chi connectivity index (χ2v) is 5.11. The van der Waals surface area contributed by atoms with Crippen molar-refractivity contribution >= 4 is 17.8 Å². The summed E-state index contributed by atoms with van der Waals surface area (Å²) in [7, 11) is 4.79. The van der Waals surface area contributed by atoms with E-state index in [0.717, 1.165) is 31.9 Å². The number of likely N-dealkylation sites (tertiary alicyclic amines) is 1. The van der Waals surface area contributed by atoms with E-state index >= 15 is 0 Å². The van der Waals surface area contributed by atoms with Crippen molar-refractivity contribution in [2.24, 2.45) is 10.9 Å². The highest BCUT2D eigenvalue weighted by molar-refractivity contribution is 5.80. The molecule has 1 aliphatic heterocycles. The summed E-state index contributed by atoms with van der Waals surface area (Å²) >= 11 is 0. The lowest BCUT2D eigenvalue weighted by molar-refractivity contribution is -0.140. The first-order valence-corrected chi connectivity index (χ1v) is 7.33. The third-order valence-electron chi connectivity index (χ3n) is 3.72. The smallest absolute Gasteiger partial charge is 0.307 e. The molecule has 120 valence electrons. The van der Waals surface area contributed by atoms with Crippen LogP contribution in [0.2, 0.25) is 0 Å². The molecule has 1 fully saturated rings. The number of rotatable bonds is 5. The Morgan fingerprint density at radius 2 is 2.00 bits per heavy atom. The van der Waals surface area contributed by atoms with Crippen LogP contribution >= 0.6 is 0 Å². The summed E-state index contributed by atoms with van der Waals surface area (Å²) < 4.78 is 4.60. The summed E-state index contributed by atoms with van der Waals surface area (Å²) in [5.41, 5.74) is 0. The van der Waals surface area contributed by atoms with E-state index in [2.05, 4.69) is 25.3 Å². The predicted octanol–water partition coefficient (Wildman–Crippen LogP) is -0.0270. The standard InChI is InChI=1S/C14H26N4O3/c1-15-12(19)10-11-5-8-18(9-6-11)14(16-2)17-7-4-13(20)21-3/h11H,4-10H2,1-3H3,(H,15,19)(H,16,17). The Kier molecular flexibility index (Phi) is 7.56. The molecule has 0 bridgehead atoms. The van der Waals surface area contributed by atoms with E-state index in [1.807, 2.05) is 0 Å². The molecule has 1 saturated heterocycles. The number of carbonyl (C=O) groups excluding carboxylic acids is 2. The van der Waals surface area contributed by atoms with Gasteiger partial charge in [0.25, 0.3) is 0 Å². The Balaban J connectivity index is 2.33. The van der Waals surface area contributed by atoms with Crippen LogP contribution in [0.25, 0.3) is 0 Å². The lowest BCUT2D eigenvalue weighted by atomic mass is 9.93. The van der Waals surface area contributed by atoms with E-state index in [1.165, 1.54) is 7.11 Å². The first-order chi connectivity index (χ1) is 10.1. The van der Waals surface area contributed by atoms with Crippen LogP contribution in [-0.2, 0) is 14.3 Å². The fraction of sp³-hybridized carbons (Fsp3) is 0.786. The minimum absolute atomic E-state index is 0.106. The van der Waals surface area contributed by atoms with Crippen molar-refractivity contribution in [1.82, 2.24) is 15.5 Å². The van der Waals surface area contributed by atoms with Crippen LogP contribution in [0.3, 0.4) is 0 Å². The van der Waals surface area contributed by atoms with Crippen molar-refractivity contribution in [1.29, 1.82) is 0 Å². The van der Waals surface area contributed by atoms with Gasteiger partial charge in [-0.1, -0.05) is 0 Å². The van der Waals surface area contributed by atoms with Crippen molar-refractivity contribution in [3.8, 4) is 0 Å². The lowest BCUT2D eigenvalue weighted by Gasteiger charge is -2.34. The molecule has 0 unspecified atom stereocenters. The monoisotopic (exact) mass is 298 g/mol. The molecule has 0 saturated carbocycles. The summed E-state index contributed by atoms with van der Waals surface area (Å²) in [5, 5.41) is 5.84. The number of esters is 1. The molecular weight excluding hydrogens is 272 g/mol. The Hall–Kier alpha value is -1.79. The van der Waals surface area contributed by atoms with Gasteiger partial charge in [-0.2, -0.15) is 0 Å². The maximum atomic E-state index is 11.4. The lowest BCUT2D eigenvalue weighted by Crippen LogP contribution is -2.46. The third-order valence-corrected chi connectivity index (χ3v) is 3.72. The zero-order chi connectivity index (χ0) is 15.7. The summed E-state index contributed by atoms with van der Waals surface area (Å²) in [5.74, 6) is 1.11. The number of ether oxygens (including phenoxy) is 1. The molecule has 21 heavy (non-hydrogen) atoms. The van der Waals surface area contributed by atoms with Gasteiger partial charge in [0.15, 0.2) is 5.96 Å². The SMILES string of the molecule is CN=C(NCCC(=O)OC)N1CCC(CC(=O)NC)CC1. The molecule has 0 aromatic heterocycles. The fourth-order valence-electron chi connectivity index (χ4n) is 2.42. The van der Waals surface area contributed by atoms with Gasteiger partial charge in [-0.15, -0.1) is 0 Å². The van der Waals surface area contributed by atoms with Gasteiger partial charge in [0, 0.05) is 40.2 Å². The number of methoxy groups -OCH3 is 1. The largest absolute Gasteiger partial charge is 0.469 e. The van der Waals surface area contributed by atoms with Crippen LogP contribution in [0.5, 0.6) is 0 Å². The fourth-order valence-corrected chi connectivity index (χ4v) is 2.42. The molecule has 0 spiro atoms. The minimum Gasteiger partial charge on any atom is -0.469 e. The number of hydrogen-bond donors (Lipinski definition) is 2. The molecular formula is C14H26N4O3. The number of carbonyl (C=O) groups is 2. The van der Waals surface area contributed by atoms with Gasteiger partial charge in [0.1, 0.15) is 0 Å². The van der Waals surface area contributed by atoms with Crippen LogP contribution in [0.4, 0.5) is 0 Å². The van der Waals surface area contributed by atoms with E-state index < -0.39 is 0 Å². The molecule has 0 atom stereocenters. The van der Waals surface area contributed by atoms with Gasteiger partial charge in [-0.25, -0.2) is 0 Å². The van der Waals surface area contributed by atoms with Crippen LogP contribution in [0, 0.1) is 5.92 Å². The second kappa shape index (κ2) is 9.20. The van der Waals surface area contributed by atoms with Gasteiger partial charge >= 0.3 is 5.97 Å². The maximum Gasteiger partial charge on any atom is 0.307 e. The van der Waals surface area contributed by atoms with Gasteiger partial charge in [0.2, 0.25) is 5.91 Å². The normalized spacial score (nSPS) is 16.5. The Labute approximate surface area is 126 Å². The number of amides is 1. The molecule has 0 radical (unpaired) electrons. The second-order valence-electron chi connectivity index (χ2n) is 5.11. The van der Waals surface area contributed by atoms with E-state index in [0.29, 0.717) is 25.3 Å². The zero-order valence-corrected chi connectivity index (χ0v) is 13.1. The maximum absolute atomic E-state index is 11.4. The predicted molar refractivity (Wildman–Crippen MR) is 81.0 cm³/mol. The van der Waals surface area contributed by atoms with Gasteiger partial charge in [0.05, 0.1) is 13.5 Å². The first-order valence-electron chi connectivity index (χ1n) is 7.33. The molecule has 7 nitrogen and oxygen atoms in total. The summed E-state index contributed by atoms with van der Waals surface area (Å²) in [4.78, 5) is 28.9. The van der Waals surface area contributed by atoms with Crippen LogP contribution in [0.15, 0.2) is 4.99 Å². The molecule has 0 aliphatic carbocycles. The van der Waals surface area contributed by atoms with E-state index in [-0.39, 0.29) is 11.9 Å². The van der Waals surface area contributed by atoms with Gasteiger partial charge in [-0.05, 0) is 18.8 Å². The van der Waals surface area contributed by atoms with E-state index in [1.54, 1.807) is 14.1 Å². The number of guanidine groups is 1. The number of nitrogens with zero attached hydrogens (tertiary/aromatic N) is 2. The van der Waals surface area contributed by atoms with Crippen LogP contribution < -0.4 is 10.6 Å². The summed E-state index contributed by atoms with van der Waals surface area (Å²) in [6.07, 6.45) is 2.87. The van der Waals surface area contributed by atoms with Crippen molar-refractivity contribution in [3.05, 3.63) is 0 Å². The van der Waals surface area contributed by atoms with Crippen molar-refractivity contribution < 1.29 is 14.3 Å². The average Bonchev–Trinajstić information content (AvgIpc) is 2.52. The highest BCUT2D eigenvalue weighted by Crippen LogP contribution is 2.20. The molecule has 7 heteroatoms. The van der Waals surface area contributed by atoms with E-state index in [9.17, 15) is 9.59 Å². The van der Waals surface area contributed by atoms with E-state index in [4.69, 9.17) is 0 Å². The first kappa shape index (κ1) is 17.3. The molecule has 1 rings (SSSR count).